The van der Waals surface area contributed by atoms with Crippen molar-refractivity contribution in [1.82, 2.24) is 9.97 Å². The Balaban J connectivity index is 1.81. The van der Waals surface area contributed by atoms with Gasteiger partial charge in [0.05, 0.1) is 10.6 Å². The van der Waals surface area contributed by atoms with Crippen molar-refractivity contribution in [1.29, 1.82) is 0 Å². The molecule has 3 rings (SSSR count). The zero-order valence-electron chi connectivity index (χ0n) is 16.1. The summed E-state index contributed by atoms with van der Waals surface area (Å²) in [5.41, 5.74) is 0.0830. The lowest BCUT2D eigenvalue weighted by Crippen LogP contribution is -2.44. The van der Waals surface area contributed by atoms with Gasteiger partial charge in [-0.05, 0) is 38.1 Å². The summed E-state index contributed by atoms with van der Waals surface area (Å²) in [5.74, 6) is -0.885. The van der Waals surface area contributed by atoms with Gasteiger partial charge in [0.1, 0.15) is 10.4 Å². The molecule has 12 heteroatoms. The van der Waals surface area contributed by atoms with E-state index < -0.39 is 37.3 Å². The molecule has 1 N–H and O–H groups in total. The number of sulfone groups is 1. The topological polar surface area (TPSA) is 89.0 Å². The average Bonchev–Trinajstić information content (AvgIpc) is 3.16. The molecule has 2 aromatic heterocycles. The Hall–Kier alpha value is -2.50. The van der Waals surface area contributed by atoms with Crippen LogP contribution < -0.4 is 5.32 Å². The van der Waals surface area contributed by atoms with E-state index in [2.05, 4.69) is 15.3 Å². The van der Waals surface area contributed by atoms with E-state index in [1.54, 1.807) is 29.6 Å². The predicted molar refractivity (Wildman–Crippen MR) is 112 cm³/mol. The number of hydrogen-bond donors (Lipinski definition) is 1. The molecule has 0 aliphatic rings. The monoisotopic (exact) mass is 489 g/mol. The van der Waals surface area contributed by atoms with Crippen LogP contribution in [0.25, 0.3) is 11.3 Å². The minimum atomic E-state index is -4.71. The number of benzene rings is 1. The van der Waals surface area contributed by atoms with Crippen LogP contribution in [-0.2, 0) is 20.8 Å². The highest BCUT2D eigenvalue weighted by molar-refractivity contribution is 7.93. The first-order chi connectivity index (χ1) is 14.3. The lowest BCUT2D eigenvalue weighted by Gasteiger charge is -2.23. The molecule has 0 saturated heterocycles. The maximum absolute atomic E-state index is 12.9. The van der Waals surface area contributed by atoms with E-state index >= 15 is 0 Å². The number of carbonyl (C=O) groups is 1. The summed E-state index contributed by atoms with van der Waals surface area (Å²) in [6, 6.07) is 8.19. The van der Waals surface area contributed by atoms with E-state index in [9.17, 15) is 26.4 Å². The second-order valence-electron chi connectivity index (χ2n) is 6.89. The molecular weight excluding hydrogens is 475 g/mol. The predicted octanol–water partition coefficient (Wildman–Crippen LogP) is 5.07. The van der Waals surface area contributed by atoms with Crippen molar-refractivity contribution in [3.63, 3.8) is 0 Å². The molecule has 1 aromatic carbocycles. The number of anilines is 1. The second kappa shape index (κ2) is 8.21. The number of hydrogen-bond acceptors (Lipinski definition) is 6. The van der Waals surface area contributed by atoms with Gasteiger partial charge in [0.15, 0.2) is 15.0 Å². The van der Waals surface area contributed by atoms with Gasteiger partial charge in [0.25, 0.3) is 0 Å². The fraction of sp³-hybridized carbons (Fsp3) is 0.211. The summed E-state index contributed by atoms with van der Waals surface area (Å²) >= 11 is 6.95. The normalized spacial score (nSPS) is 12.6. The van der Waals surface area contributed by atoms with Gasteiger partial charge >= 0.3 is 6.18 Å². The van der Waals surface area contributed by atoms with Gasteiger partial charge in [0.2, 0.25) is 5.91 Å². The molecule has 164 valence electrons. The lowest BCUT2D eigenvalue weighted by molar-refractivity contribution is -0.141. The summed E-state index contributed by atoms with van der Waals surface area (Å²) in [4.78, 5) is 19.7. The zero-order chi connectivity index (χ0) is 23.0. The molecule has 0 bridgehead atoms. The number of alkyl halides is 3. The number of carbonyl (C=O) groups excluding carboxylic acids is 1. The highest BCUT2D eigenvalue weighted by Gasteiger charge is 2.44. The van der Waals surface area contributed by atoms with E-state index in [1.165, 1.54) is 0 Å². The average molecular weight is 490 g/mol. The Labute approximate surface area is 185 Å². The van der Waals surface area contributed by atoms with E-state index in [1.807, 2.05) is 0 Å². The fourth-order valence-electron chi connectivity index (χ4n) is 2.46. The van der Waals surface area contributed by atoms with Gasteiger partial charge in [0, 0.05) is 22.2 Å². The number of thiazole rings is 1. The molecule has 6 nitrogen and oxygen atoms in total. The Bertz CT molecular complexity index is 1210. The summed E-state index contributed by atoms with van der Waals surface area (Å²) < 4.78 is 61.8. The first-order valence-corrected chi connectivity index (χ1v) is 11.4. The van der Waals surface area contributed by atoms with Crippen molar-refractivity contribution in [2.45, 2.75) is 29.7 Å². The Kier molecular flexibility index (Phi) is 6.14. The van der Waals surface area contributed by atoms with Crippen molar-refractivity contribution in [3.05, 3.63) is 58.7 Å². The van der Waals surface area contributed by atoms with Crippen LogP contribution in [0.15, 0.2) is 52.9 Å². The lowest BCUT2D eigenvalue weighted by atomic mass is 10.2. The van der Waals surface area contributed by atoms with E-state index in [0.29, 0.717) is 23.0 Å². The molecule has 0 saturated carbocycles. The number of pyridine rings is 1. The van der Waals surface area contributed by atoms with Gasteiger partial charge < -0.3 is 5.32 Å². The van der Waals surface area contributed by atoms with Gasteiger partial charge in [-0.2, -0.15) is 13.2 Å². The quantitative estimate of drug-likeness (QED) is 0.540. The van der Waals surface area contributed by atoms with Gasteiger partial charge in [-0.3, -0.25) is 9.78 Å². The number of aromatic nitrogens is 2. The summed E-state index contributed by atoms with van der Waals surface area (Å²) in [6.45, 7) is 2.31. The molecule has 0 aliphatic heterocycles. The SMILES string of the molecule is CC(C)(C(=O)Nc1nc(-c2ccc(Cl)cc2)cs1)S(=O)(=O)c1ccc(C(F)(F)F)nc1. The summed E-state index contributed by atoms with van der Waals surface area (Å²) in [6.07, 6.45) is -4.11. The maximum Gasteiger partial charge on any atom is 0.433 e. The molecule has 0 atom stereocenters. The molecule has 2 heterocycles. The van der Waals surface area contributed by atoms with Crippen LogP contribution in [0, 0.1) is 0 Å². The molecular formula is C19H15ClF3N3O3S2. The fourth-order valence-corrected chi connectivity index (χ4v) is 4.62. The molecule has 3 aromatic rings. The number of nitrogens with zero attached hydrogens (tertiary/aromatic N) is 2. The van der Waals surface area contributed by atoms with Gasteiger partial charge in [-0.25, -0.2) is 13.4 Å². The van der Waals surface area contributed by atoms with Crippen molar-refractivity contribution >= 4 is 43.8 Å². The number of rotatable bonds is 5. The first-order valence-electron chi connectivity index (χ1n) is 8.63. The van der Waals surface area contributed by atoms with Crippen LogP contribution in [0.1, 0.15) is 19.5 Å². The smallest absolute Gasteiger partial charge is 0.301 e. The third-order valence-corrected chi connectivity index (χ3v) is 7.82. The summed E-state index contributed by atoms with van der Waals surface area (Å²) in [7, 11) is -4.35. The minimum absolute atomic E-state index is 0.170. The highest BCUT2D eigenvalue weighted by Crippen LogP contribution is 2.32. The number of halogens is 4. The van der Waals surface area contributed by atoms with Crippen LogP contribution in [0.2, 0.25) is 5.02 Å². The third kappa shape index (κ3) is 4.73. The molecule has 0 fully saturated rings. The Morgan fingerprint density at radius 3 is 2.29 bits per heavy atom. The van der Waals surface area contributed by atoms with Crippen molar-refractivity contribution in [2.75, 3.05) is 5.32 Å². The van der Waals surface area contributed by atoms with Crippen LogP contribution in [0.4, 0.5) is 18.3 Å². The van der Waals surface area contributed by atoms with Crippen molar-refractivity contribution < 1.29 is 26.4 Å². The Morgan fingerprint density at radius 1 is 1.10 bits per heavy atom. The molecule has 0 radical (unpaired) electrons. The van der Waals surface area contributed by atoms with Crippen LogP contribution in [0.5, 0.6) is 0 Å². The van der Waals surface area contributed by atoms with Gasteiger partial charge in [-0.1, -0.05) is 23.7 Å². The van der Waals surface area contributed by atoms with E-state index in [0.717, 1.165) is 36.8 Å². The molecule has 0 spiro atoms. The standard InChI is InChI=1S/C19H15ClF3N3O3S2/c1-18(2,31(28,29)13-7-8-15(24-9-13)19(21,22)23)16(27)26-17-25-14(10-30-17)11-3-5-12(20)6-4-11/h3-10H,1-2H3,(H,25,26,27). The third-order valence-electron chi connectivity index (χ3n) is 4.42. The first kappa shape index (κ1) is 23.2. The van der Waals surface area contributed by atoms with Crippen LogP contribution in [0.3, 0.4) is 0 Å². The largest absolute Gasteiger partial charge is 0.433 e. The van der Waals surface area contributed by atoms with Crippen molar-refractivity contribution in [2.24, 2.45) is 0 Å². The number of nitrogens with one attached hydrogen (secondary N) is 1. The molecule has 0 aliphatic carbocycles. The van der Waals surface area contributed by atoms with E-state index in [4.69, 9.17) is 11.6 Å². The maximum atomic E-state index is 12.9. The second-order valence-corrected chi connectivity index (χ2v) is 10.7. The summed E-state index contributed by atoms with van der Waals surface area (Å²) in [5, 5.41) is 4.86. The number of amides is 1. The molecule has 1 amide bonds. The minimum Gasteiger partial charge on any atom is -0.301 e. The van der Waals surface area contributed by atoms with Crippen LogP contribution in [-0.4, -0.2) is 29.0 Å². The molecule has 0 unspecified atom stereocenters. The van der Waals surface area contributed by atoms with Crippen LogP contribution >= 0.6 is 22.9 Å². The Morgan fingerprint density at radius 2 is 1.74 bits per heavy atom. The highest BCUT2D eigenvalue weighted by atomic mass is 35.5. The van der Waals surface area contributed by atoms with Gasteiger partial charge in [-0.15, -0.1) is 11.3 Å². The molecule has 31 heavy (non-hydrogen) atoms. The van der Waals surface area contributed by atoms with Crippen molar-refractivity contribution in [3.8, 4) is 11.3 Å². The van der Waals surface area contributed by atoms with E-state index in [-0.39, 0.29) is 5.13 Å². The zero-order valence-corrected chi connectivity index (χ0v) is 18.5.